The first-order valence-electron chi connectivity index (χ1n) is 12.1. The largest absolute Gasteiger partial charge is 0.479 e. The van der Waals surface area contributed by atoms with Gasteiger partial charge in [0.2, 0.25) is 0 Å². The molecule has 40 heavy (non-hydrogen) atoms. The molecule has 19 nitrogen and oxygen atoms in total. The van der Waals surface area contributed by atoms with Crippen molar-refractivity contribution < 1.29 is 93.8 Å². The minimum absolute atomic E-state index is 0.446. The summed E-state index contributed by atoms with van der Waals surface area (Å²) < 4.78 is 36.7. The molecule has 10 N–H and O–H groups in total. The summed E-state index contributed by atoms with van der Waals surface area (Å²) in [4.78, 5) is 23.4. The normalized spacial score (nSPS) is 51.6. The zero-order valence-electron chi connectivity index (χ0n) is 20.7. The van der Waals surface area contributed by atoms with Crippen LogP contribution in [0.15, 0.2) is 0 Å². The highest BCUT2D eigenvalue weighted by molar-refractivity contribution is 5.75. The SMILES string of the molecule is CC1(C(=O)O)OC[C@H]2O[C@H](O[C@H]3[C@H](O)[C@@H](O)[C@H](O[C@H]4[C@@H](O)[C@@H](CO)OC(O)[C@@H]4O)O[C@@H]3C(=O)O)[C@H](O)[C@@H](O)[C@H]2O1. The third-order valence-electron chi connectivity index (χ3n) is 7.12. The fraction of sp³-hybridized carbons (Fsp3) is 0.905. The molecule has 2 unspecified atom stereocenters. The van der Waals surface area contributed by atoms with Crippen LogP contribution in [0.5, 0.6) is 0 Å². The van der Waals surface area contributed by atoms with Crippen LogP contribution in [0, 0.1) is 0 Å². The second-order valence-corrected chi connectivity index (χ2v) is 9.84. The summed E-state index contributed by atoms with van der Waals surface area (Å²) in [6.07, 6.45) is -27.5. The second kappa shape index (κ2) is 11.9. The van der Waals surface area contributed by atoms with E-state index in [0.717, 1.165) is 6.92 Å². The van der Waals surface area contributed by atoms with Gasteiger partial charge in [-0.05, 0) is 0 Å². The van der Waals surface area contributed by atoms with Crippen molar-refractivity contribution in [1.82, 2.24) is 0 Å². The van der Waals surface area contributed by atoms with Gasteiger partial charge in [0, 0.05) is 6.92 Å². The van der Waals surface area contributed by atoms with Crippen molar-refractivity contribution in [3.8, 4) is 0 Å². The van der Waals surface area contributed by atoms with Crippen LogP contribution >= 0.6 is 0 Å². The molecule has 0 aromatic heterocycles. The fourth-order valence-electron chi connectivity index (χ4n) is 4.78. The summed E-state index contributed by atoms with van der Waals surface area (Å²) in [5.41, 5.74) is 0. The van der Waals surface area contributed by atoms with Gasteiger partial charge in [-0.1, -0.05) is 0 Å². The van der Waals surface area contributed by atoms with E-state index < -0.39 is 123 Å². The maximum Gasteiger partial charge on any atom is 0.364 e. The number of hydrogen-bond donors (Lipinski definition) is 10. The topological polar surface area (TPSA) is 301 Å². The summed E-state index contributed by atoms with van der Waals surface area (Å²) in [6, 6.07) is 0. The molecule has 4 aliphatic rings. The molecule has 4 aliphatic heterocycles. The van der Waals surface area contributed by atoms with Crippen LogP contribution in [-0.4, -0.2) is 174 Å². The van der Waals surface area contributed by atoms with E-state index in [1.54, 1.807) is 0 Å². The van der Waals surface area contributed by atoms with Gasteiger partial charge < -0.3 is 84.2 Å². The average molecular weight is 588 g/mol. The van der Waals surface area contributed by atoms with Gasteiger partial charge in [0.05, 0.1) is 13.2 Å². The number of carboxylic acid groups (broad SMARTS) is 2. The lowest BCUT2D eigenvalue weighted by atomic mass is 9.95. The maximum absolute atomic E-state index is 12.0. The molecule has 4 saturated heterocycles. The number of ether oxygens (including phenoxy) is 7. The van der Waals surface area contributed by atoms with E-state index in [-0.39, 0.29) is 0 Å². The van der Waals surface area contributed by atoms with Crippen LogP contribution in [0.4, 0.5) is 0 Å². The van der Waals surface area contributed by atoms with E-state index in [1.807, 2.05) is 0 Å². The van der Waals surface area contributed by atoms with Crippen LogP contribution in [0.3, 0.4) is 0 Å². The van der Waals surface area contributed by atoms with E-state index in [4.69, 9.17) is 33.2 Å². The van der Waals surface area contributed by atoms with E-state index in [1.165, 1.54) is 0 Å². The summed E-state index contributed by atoms with van der Waals surface area (Å²) in [5.74, 6) is -5.42. The Labute approximate surface area is 224 Å². The molecule has 4 heterocycles. The van der Waals surface area contributed by atoms with Gasteiger partial charge in [-0.3, -0.25) is 0 Å². The number of fused-ring (bicyclic) bond motifs is 1. The number of rotatable bonds is 7. The Hall–Kier alpha value is -1.66. The molecule has 4 rings (SSSR count). The van der Waals surface area contributed by atoms with Crippen molar-refractivity contribution in [2.45, 2.75) is 105 Å². The monoisotopic (exact) mass is 588 g/mol. The number of aliphatic hydroxyl groups excluding tert-OH is 8. The molecule has 0 radical (unpaired) electrons. The van der Waals surface area contributed by atoms with E-state index >= 15 is 0 Å². The second-order valence-electron chi connectivity index (χ2n) is 9.84. The molecule has 19 heteroatoms. The molecule has 0 aliphatic carbocycles. The Morgan fingerprint density at radius 2 is 1.40 bits per heavy atom. The lowest BCUT2D eigenvalue weighted by Crippen LogP contribution is -2.69. The van der Waals surface area contributed by atoms with Crippen LogP contribution in [-0.2, 0) is 42.7 Å². The molecule has 0 aromatic carbocycles. The van der Waals surface area contributed by atoms with Gasteiger partial charge in [-0.15, -0.1) is 0 Å². The van der Waals surface area contributed by atoms with Crippen LogP contribution in [0.1, 0.15) is 6.92 Å². The number of carbonyl (C=O) groups is 2. The Kier molecular flexibility index (Phi) is 9.31. The number of aliphatic carboxylic acids is 2. The lowest BCUT2D eigenvalue weighted by molar-refractivity contribution is -0.398. The smallest absolute Gasteiger partial charge is 0.364 e. The predicted molar refractivity (Wildman–Crippen MR) is 116 cm³/mol. The van der Waals surface area contributed by atoms with Crippen LogP contribution in [0.2, 0.25) is 0 Å². The van der Waals surface area contributed by atoms with Crippen molar-refractivity contribution in [2.24, 2.45) is 0 Å². The predicted octanol–water partition coefficient (Wildman–Crippen LogP) is -6.62. The van der Waals surface area contributed by atoms with Gasteiger partial charge in [0.25, 0.3) is 5.79 Å². The minimum atomic E-state index is -2.15. The highest BCUT2D eigenvalue weighted by Gasteiger charge is 2.57. The van der Waals surface area contributed by atoms with Gasteiger partial charge in [-0.2, -0.15) is 0 Å². The maximum atomic E-state index is 12.0. The first kappa shape index (κ1) is 31.3. The molecular weight excluding hydrogens is 556 g/mol. The quantitative estimate of drug-likeness (QED) is 0.132. The van der Waals surface area contributed by atoms with E-state index in [9.17, 15) is 60.7 Å². The molecule has 230 valence electrons. The zero-order chi connectivity index (χ0) is 29.7. The Bertz CT molecular complexity index is 918. The first-order valence-corrected chi connectivity index (χ1v) is 12.1. The summed E-state index contributed by atoms with van der Waals surface area (Å²) in [6.45, 7) is -0.181. The fourth-order valence-corrected chi connectivity index (χ4v) is 4.78. The van der Waals surface area contributed by atoms with Gasteiger partial charge >= 0.3 is 11.9 Å². The number of hydrogen-bond acceptors (Lipinski definition) is 17. The molecule has 0 amide bonds. The molecule has 0 aromatic rings. The van der Waals surface area contributed by atoms with Crippen molar-refractivity contribution >= 4 is 11.9 Å². The molecule has 0 spiro atoms. The van der Waals surface area contributed by atoms with E-state index in [2.05, 4.69) is 0 Å². The third kappa shape index (κ3) is 5.69. The third-order valence-corrected chi connectivity index (χ3v) is 7.12. The first-order chi connectivity index (χ1) is 18.7. The summed E-state index contributed by atoms with van der Waals surface area (Å²) >= 11 is 0. The van der Waals surface area contributed by atoms with Gasteiger partial charge in [0.15, 0.2) is 25.0 Å². The standard InChI is InChI=1S/C21H32O19/c1-21(20(32)33)34-3-5-12(40-21)7(24)9(26)18(36-5)38-14-8(25)10(27)19(39-15(14)16(29)30)37-13-6(23)4(2-22)35-17(31)11(13)28/h4-15,17-19,22-28,31H,2-3H2,1H3,(H,29,30)(H,32,33)/t4-,5-,6+,7-,8-,9-,10-,11-,12+,13+,14+,15+,17?,18-,19-,21?/m1/s1. The summed E-state index contributed by atoms with van der Waals surface area (Å²) in [7, 11) is 0. The molecule has 0 bridgehead atoms. The number of carboxylic acids is 2. The van der Waals surface area contributed by atoms with Gasteiger partial charge in [0.1, 0.15) is 67.1 Å². The molecule has 0 saturated carbocycles. The highest BCUT2D eigenvalue weighted by atomic mass is 16.8. The Morgan fingerprint density at radius 3 is 2.00 bits per heavy atom. The van der Waals surface area contributed by atoms with Crippen molar-refractivity contribution in [3.05, 3.63) is 0 Å². The summed E-state index contributed by atoms with van der Waals surface area (Å²) in [5, 5.41) is 101. The zero-order valence-corrected chi connectivity index (χ0v) is 20.7. The van der Waals surface area contributed by atoms with Gasteiger partial charge in [-0.25, -0.2) is 9.59 Å². The molecule has 16 atom stereocenters. The lowest BCUT2D eigenvalue weighted by Gasteiger charge is -2.50. The van der Waals surface area contributed by atoms with Crippen LogP contribution in [0.25, 0.3) is 0 Å². The number of aliphatic hydroxyl groups is 8. The Morgan fingerprint density at radius 1 is 0.800 bits per heavy atom. The molecular formula is C21H32O19. The van der Waals surface area contributed by atoms with E-state index in [0.29, 0.717) is 0 Å². The molecule has 4 fully saturated rings. The highest BCUT2D eigenvalue weighted by Crippen LogP contribution is 2.36. The van der Waals surface area contributed by atoms with Crippen molar-refractivity contribution in [3.63, 3.8) is 0 Å². The van der Waals surface area contributed by atoms with Crippen LogP contribution < -0.4 is 0 Å². The minimum Gasteiger partial charge on any atom is -0.479 e. The van der Waals surface area contributed by atoms with Crippen molar-refractivity contribution in [1.29, 1.82) is 0 Å². The average Bonchev–Trinajstić information content (AvgIpc) is 2.90. The Balaban J connectivity index is 1.47. The van der Waals surface area contributed by atoms with Crippen molar-refractivity contribution in [2.75, 3.05) is 13.2 Å².